The molecule has 0 unspecified atom stereocenters. The van der Waals surface area contributed by atoms with Crippen molar-refractivity contribution in [1.29, 1.82) is 0 Å². The van der Waals surface area contributed by atoms with Crippen LogP contribution < -0.4 is 0 Å². The quantitative estimate of drug-likeness (QED) is 0.532. The number of carbonyl (C=O) groups is 1. The first-order chi connectivity index (χ1) is 4.70. The van der Waals surface area contributed by atoms with Crippen LogP contribution in [0.3, 0.4) is 0 Å². The Labute approximate surface area is 59.7 Å². The van der Waals surface area contributed by atoms with Crippen LogP contribution in [0.5, 0.6) is 0 Å². The van der Waals surface area contributed by atoms with E-state index in [1.54, 1.807) is 0 Å². The molecule has 2 N–H and O–H groups in total. The zero-order valence-electron chi connectivity index (χ0n) is 5.79. The Hall–Kier alpha value is -0.570. The van der Waals surface area contributed by atoms with Crippen LogP contribution in [0.2, 0.25) is 0 Å². The number of carboxylic acid groups (broad SMARTS) is 1. The first kappa shape index (κ1) is 7.54. The van der Waals surface area contributed by atoms with Gasteiger partial charge in [-0.15, -0.1) is 0 Å². The van der Waals surface area contributed by atoms with Gasteiger partial charge in [-0.05, 0) is 19.3 Å². The predicted molar refractivity (Wildman–Crippen MR) is 35.6 cm³/mol. The van der Waals surface area contributed by atoms with Crippen LogP contribution in [0.15, 0.2) is 0 Å². The molecule has 1 fully saturated rings. The third-order valence-electron chi connectivity index (χ3n) is 2.00. The molecule has 10 heavy (non-hydrogen) atoms. The SMILES string of the molecule is O=[13C](O)[C@H]1CCC[C@H](O)C1. The molecule has 0 bridgehead atoms. The molecule has 0 amide bonds. The van der Waals surface area contributed by atoms with Gasteiger partial charge in [-0.3, -0.25) is 4.79 Å². The Balaban J connectivity index is 2.39. The van der Waals surface area contributed by atoms with E-state index in [0.717, 1.165) is 19.3 Å². The van der Waals surface area contributed by atoms with Gasteiger partial charge in [-0.1, -0.05) is 6.42 Å². The molecule has 0 saturated heterocycles. The number of hydrogen-bond donors (Lipinski definition) is 2. The summed E-state index contributed by atoms with van der Waals surface area (Å²) >= 11 is 0. The van der Waals surface area contributed by atoms with Gasteiger partial charge in [0.1, 0.15) is 0 Å². The maximum Gasteiger partial charge on any atom is 0.306 e. The zero-order valence-corrected chi connectivity index (χ0v) is 5.79. The zero-order chi connectivity index (χ0) is 7.56. The second kappa shape index (κ2) is 3.01. The van der Waals surface area contributed by atoms with Crippen LogP contribution in [-0.2, 0) is 4.79 Å². The lowest BCUT2D eigenvalue weighted by atomic mass is 9.92. The second-order valence-corrected chi connectivity index (χ2v) is 2.86. The van der Waals surface area contributed by atoms with Gasteiger partial charge in [0.15, 0.2) is 0 Å². The number of rotatable bonds is 1. The van der Waals surface area contributed by atoms with Crippen molar-refractivity contribution in [2.75, 3.05) is 0 Å². The minimum Gasteiger partial charge on any atom is -0.481 e. The summed E-state index contributed by atoms with van der Waals surface area (Å²) < 4.78 is 0. The summed E-state index contributed by atoms with van der Waals surface area (Å²) in [7, 11) is 0. The van der Waals surface area contributed by atoms with E-state index in [-0.39, 0.29) is 12.0 Å². The fourth-order valence-corrected chi connectivity index (χ4v) is 1.39. The summed E-state index contributed by atoms with van der Waals surface area (Å²) in [5, 5.41) is 17.6. The third-order valence-corrected chi connectivity index (χ3v) is 2.00. The summed E-state index contributed by atoms with van der Waals surface area (Å²) in [4.78, 5) is 10.4. The molecule has 2 atom stereocenters. The van der Waals surface area contributed by atoms with E-state index in [0.29, 0.717) is 6.42 Å². The van der Waals surface area contributed by atoms with E-state index >= 15 is 0 Å². The number of aliphatic hydroxyl groups excluding tert-OH is 1. The smallest absolute Gasteiger partial charge is 0.306 e. The van der Waals surface area contributed by atoms with E-state index in [1.807, 2.05) is 0 Å². The van der Waals surface area contributed by atoms with Crippen molar-refractivity contribution in [1.82, 2.24) is 0 Å². The minimum absolute atomic E-state index is 0.302. The molecule has 1 saturated carbocycles. The van der Waals surface area contributed by atoms with Crippen LogP contribution >= 0.6 is 0 Å². The van der Waals surface area contributed by atoms with Crippen LogP contribution in [0.4, 0.5) is 0 Å². The lowest BCUT2D eigenvalue weighted by molar-refractivity contribution is -0.144. The molecular weight excluding hydrogens is 133 g/mol. The number of hydrogen-bond acceptors (Lipinski definition) is 2. The Morgan fingerprint density at radius 2 is 2.10 bits per heavy atom. The standard InChI is InChI=1S/C7H12O3/c8-6-3-1-2-5(4-6)7(9)10/h5-6,8H,1-4H2,(H,9,10)/t5-,6-/m0/s1/i7+1. The van der Waals surface area contributed by atoms with Crippen LogP contribution in [-0.4, -0.2) is 22.3 Å². The lowest BCUT2D eigenvalue weighted by Gasteiger charge is -2.21. The summed E-state index contributed by atoms with van der Waals surface area (Å²) in [6.07, 6.45) is 2.40. The van der Waals surface area contributed by atoms with Gasteiger partial charge >= 0.3 is 5.97 Å². The van der Waals surface area contributed by atoms with Gasteiger partial charge in [-0.2, -0.15) is 0 Å². The minimum atomic E-state index is -0.765. The summed E-state index contributed by atoms with van der Waals surface area (Å²) in [6.45, 7) is 0. The molecule has 0 radical (unpaired) electrons. The van der Waals surface area contributed by atoms with E-state index < -0.39 is 5.97 Å². The Bertz CT molecular complexity index is 133. The van der Waals surface area contributed by atoms with Crippen molar-refractivity contribution in [2.45, 2.75) is 31.8 Å². The largest absolute Gasteiger partial charge is 0.481 e. The fourth-order valence-electron chi connectivity index (χ4n) is 1.39. The number of aliphatic hydroxyl groups is 1. The van der Waals surface area contributed by atoms with Gasteiger partial charge in [0, 0.05) is 0 Å². The molecule has 0 spiro atoms. The first-order valence-electron chi connectivity index (χ1n) is 3.61. The van der Waals surface area contributed by atoms with Gasteiger partial charge in [-0.25, -0.2) is 0 Å². The van der Waals surface area contributed by atoms with Crippen LogP contribution in [0.1, 0.15) is 25.7 Å². The molecule has 1 aliphatic carbocycles. The highest BCUT2D eigenvalue weighted by molar-refractivity contribution is 5.70. The Morgan fingerprint density at radius 3 is 2.50 bits per heavy atom. The van der Waals surface area contributed by atoms with E-state index in [1.165, 1.54) is 0 Å². The van der Waals surface area contributed by atoms with Gasteiger partial charge < -0.3 is 10.2 Å². The molecular formula is C7H12O3. The number of aliphatic carboxylic acids is 1. The molecule has 0 aromatic carbocycles. The van der Waals surface area contributed by atoms with Crippen molar-refractivity contribution in [3.63, 3.8) is 0 Å². The molecule has 3 heteroatoms. The highest BCUT2D eigenvalue weighted by Crippen LogP contribution is 2.23. The average molecular weight is 145 g/mol. The molecule has 0 aromatic heterocycles. The fraction of sp³-hybridized carbons (Fsp3) is 0.857. The summed E-state index contributed by atoms with van der Waals surface area (Å²) in [5.41, 5.74) is 0. The monoisotopic (exact) mass is 145 g/mol. The lowest BCUT2D eigenvalue weighted by Crippen LogP contribution is -2.25. The van der Waals surface area contributed by atoms with Crippen molar-refractivity contribution in [3.8, 4) is 0 Å². The van der Waals surface area contributed by atoms with Crippen LogP contribution in [0.25, 0.3) is 0 Å². The van der Waals surface area contributed by atoms with Crippen molar-refractivity contribution < 1.29 is 15.0 Å². The summed E-state index contributed by atoms with van der Waals surface area (Å²) in [5.74, 6) is -1.07. The molecule has 3 nitrogen and oxygen atoms in total. The highest BCUT2D eigenvalue weighted by Gasteiger charge is 2.25. The third kappa shape index (κ3) is 1.70. The van der Waals surface area contributed by atoms with Gasteiger partial charge in [0.05, 0.1) is 12.0 Å². The molecule has 58 valence electrons. The van der Waals surface area contributed by atoms with Crippen molar-refractivity contribution >= 4 is 5.97 Å². The van der Waals surface area contributed by atoms with Gasteiger partial charge in [0.25, 0.3) is 0 Å². The topological polar surface area (TPSA) is 57.5 Å². The van der Waals surface area contributed by atoms with E-state index in [4.69, 9.17) is 10.2 Å². The Morgan fingerprint density at radius 1 is 1.40 bits per heavy atom. The molecule has 1 aliphatic rings. The second-order valence-electron chi connectivity index (χ2n) is 2.86. The van der Waals surface area contributed by atoms with Gasteiger partial charge in [0.2, 0.25) is 0 Å². The van der Waals surface area contributed by atoms with Crippen molar-refractivity contribution in [3.05, 3.63) is 0 Å². The van der Waals surface area contributed by atoms with E-state index in [2.05, 4.69) is 0 Å². The maximum absolute atomic E-state index is 10.4. The Kier molecular flexibility index (Phi) is 2.27. The predicted octanol–water partition coefficient (Wildman–Crippen LogP) is 0.622. The van der Waals surface area contributed by atoms with Crippen LogP contribution in [0, 0.1) is 5.92 Å². The molecule has 1 rings (SSSR count). The molecule has 0 aliphatic heterocycles. The van der Waals surface area contributed by atoms with Crippen molar-refractivity contribution in [2.24, 2.45) is 5.92 Å². The summed E-state index contributed by atoms with van der Waals surface area (Å²) in [6, 6.07) is 0. The number of carboxylic acids is 1. The molecule has 0 heterocycles. The normalized spacial score (nSPS) is 33.7. The van der Waals surface area contributed by atoms with E-state index in [9.17, 15) is 4.79 Å². The highest BCUT2D eigenvalue weighted by atomic mass is 16.5. The maximum atomic E-state index is 10.4. The average Bonchev–Trinajstić information content (AvgIpc) is 1.88. The molecule has 0 aromatic rings. The first-order valence-corrected chi connectivity index (χ1v) is 3.61.